The number of anilines is 1. The van der Waals surface area contributed by atoms with Gasteiger partial charge >= 0.3 is 6.03 Å². The number of hydrogen-bond acceptors (Lipinski definition) is 6. The maximum Gasteiger partial charge on any atom is 0.325 e. The van der Waals surface area contributed by atoms with Crippen molar-refractivity contribution < 1.29 is 23.8 Å². The number of benzene rings is 2. The molecule has 0 unspecified atom stereocenters. The molecule has 0 aliphatic carbocycles. The summed E-state index contributed by atoms with van der Waals surface area (Å²) in [6, 6.07) is 10.7. The Bertz CT molecular complexity index is 1220. The zero-order chi connectivity index (χ0) is 24.2. The van der Waals surface area contributed by atoms with E-state index in [9.17, 15) is 9.59 Å². The fourth-order valence-corrected chi connectivity index (χ4v) is 4.79. The van der Waals surface area contributed by atoms with E-state index in [2.05, 4.69) is 38.8 Å². The van der Waals surface area contributed by atoms with Gasteiger partial charge in [0.25, 0.3) is 0 Å². The Kier molecular flexibility index (Phi) is 6.76. The summed E-state index contributed by atoms with van der Waals surface area (Å²) in [7, 11) is 1.68. The zero-order valence-electron chi connectivity index (χ0n) is 19.8. The second kappa shape index (κ2) is 10.3. The Hall–Kier alpha value is -3.72. The summed E-state index contributed by atoms with van der Waals surface area (Å²) in [5.41, 5.74) is 2.98. The lowest BCUT2D eigenvalue weighted by Crippen LogP contribution is -2.39. The van der Waals surface area contributed by atoms with Crippen LogP contribution < -0.4 is 24.8 Å². The molecule has 0 radical (unpaired) electrons. The van der Waals surface area contributed by atoms with Crippen molar-refractivity contribution in [3.8, 4) is 17.2 Å². The Morgan fingerprint density at radius 2 is 1.89 bits per heavy atom. The molecule has 9 heteroatoms. The van der Waals surface area contributed by atoms with E-state index >= 15 is 0 Å². The molecule has 1 aromatic heterocycles. The lowest BCUT2D eigenvalue weighted by Gasteiger charge is -2.31. The van der Waals surface area contributed by atoms with Gasteiger partial charge in [0.15, 0.2) is 11.5 Å². The third-order valence-electron chi connectivity index (χ3n) is 6.66. The fourth-order valence-electron chi connectivity index (χ4n) is 4.79. The number of aromatic amines is 1. The van der Waals surface area contributed by atoms with Crippen LogP contribution in [0, 0.1) is 0 Å². The summed E-state index contributed by atoms with van der Waals surface area (Å²) in [6.45, 7) is 3.42. The molecule has 0 bridgehead atoms. The van der Waals surface area contributed by atoms with E-state index in [0.29, 0.717) is 42.9 Å². The number of rotatable bonds is 6. The summed E-state index contributed by atoms with van der Waals surface area (Å²) in [6.07, 6.45) is 4.43. The third kappa shape index (κ3) is 5.35. The van der Waals surface area contributed by atoms with Crippen molar-refractivity contribution in [1.82, 2.24) is 15.2 Å². The number of urea groups is 1. The number of carbonyl (C=O) groups excluding carboxylic acids is 2. The first-order valence-electron chi connectivity index (χ1n) is 12.0. The van der Waals surface area contributed by atoms with Crippen molar-refractivity contribution in [1.29, 1.82) is 0 Å². The van der Waals surface area contributed by atoms with Crippen molar-refractivity contribution in [3.05, 3.63) is 48.2 Å². The van der Waals surface area contributed by atoms with Crippen molar-refractivity contribution in [2.24, 2.45) is 0 Å². The van der Waals surface area contributed by atoms with Gasteiger partial charge in [-0.15, -0.1) is 0 Å². The summed E-state index contributed by atoms with van der Waals surface area (Å²) in [5, 5.41) is 6.29. The summed E-state index contributed by atoms with van der Waals surface area (Å²) >= 11 is 0. The Labute approximate surface area is 203 Å². The maximum atomic E-state index is 12.3. The van der Waals surface area contributed by atoms with Crippen LogP contribution >= 0.6 is 0 Å². The number of methoxy groups -OCH3 is 1. The topological polar surface area (TPSA) is 105 Å². The quantitative estimate of drug-likeness (QED) is 0.497. The number of carbonyl (C=O) groups is 2. The van der Waals surface area contributed by atoms with Gasteiger partial charge in [-0.05, 0) is 67.7 Å². The zero-order valence-corrected chi connectivity index (χ0v) is 19.8. The van der Waals surface area contributed by atoms with Gasteiger partial charge < -0.3 is 29.4 Å². The van der Waals surface area contributed by atoms with Crippen LogP contribution in [0.1, 0.15) is 30.7 Å². The minimum Gasteiger partial charge on any atom is -0.497 e. The van der Waals surface area contributed by atoms with Gasteiger partial charge in [0, 0.05) is 41.8 Å². The molecule has 184 valence electrons. The molecule has 0 saturated carbocycles. The van der Waals surface area contributed by atoms with Crippen molar-refractivity contribution >= 4 is 28.5 Å². The SMILES string of the molecule is COc1ccc2[nH]cc(C3CCN(CCC(=O)NC(=O)Nc4ccc5c(c4)OCCO5)CC3)c2c1. The highest BCUT2D eigenvalue weighted by atomic mass is 16.6. The molecule has 2 aliphatic heterocycles. The number of amides is 3. The molecule has 0 atom stereocenters. The largest absolute Gasteiger partial charge is 0.497 e. The van der Waals surface area contributed by atoms with Gasteiger partial charge in [0.2, 0.25) is 5.91 Å². The molecule has 1 saturated heterocycles. The Morgan fingerprint density at radius 1 is 1.09 bits per heavy atom. The number of nitrogens with zero attached hydrogens (tertiary/aromatic N) is 1. The van der Waals surface area contributed by atoms with Crippen LogP contribution in [0.2, 0.25) is 0 Å². The van der Waals surface area contributed by atoms with E-state index in [-0.39, 0.29) is 12.3 Å². The molecule has 1 fully saturated rings. The lowest BCUT2D eigenvalue weighted by atomic mass is 9.89. The number of imide groups is 1. The Balaban J connectivity index is 1.07. The van der Waals surface area contributed by atoms with Crippen LogP contribution in [0.15, 0.2) is 42.6 Å². The standard InChI is InChI=1S/C26H30N4O5/c1-33-19-3-4-22-20(15-19)21(16-27-22)17-6-9-30(10-7-17)11-8-25(31)29-26(32)28-18-2-5-23-24(14-18)35-13-12-34-23/h2-5,14-17,27H,6-13H2,1H3,(H2,28,29,31,32). The number of aromatic nitrogens is 1. The molecule has 9 nitrogen and oxygen atoms in total. The average molecular weight is 479 g/mol. The minimum atomic E-state index is -0.555. The van der Waals surface area contributed by atoms with Crippen molar-refractivity contribution in [2.75, 3.05) is 45.3 Å². The van der Waals surface area contributed by atoms with E-state index < -0.39 is 6.03 Å². The van der Waals surface area contributed by atoms with E-state index in [4.69, 9.17) is 14.2 Å². The number of H-pyrrole nitrogens is 1. The van der Waals surface area contributed by atoms with Crippen LogP contribution in [-0.4, -0.2) is 61.8 Å². The maximum absolute atomic E-state index is 12.3. The van der Waals surface area contributed by atoms with E-state index in [1.165, 1.54) is 10.9 Å². The van der Waals surface area contributed by atoms with Gasteiger partial charge in [0.05, 0.1) is 7.11 Å². The number of likely N-dealkylation sites (tertiary alicyclic amines) is 1. The molecule has 2 aromatic carbocycles. The normalized spacial score (nSPS) is 16.1. The van der Waals surface area contributed by atoms with Gasteiger partial charge in [0.1, 0.15) is 19.0 Å². The first-order chi connectivity index (χ1) is 17.1. The summed E-state index contributed by atoms with van der Waals surface area (Å²) < 4.78 is 16.4. The molecular weight excluding hydrogens is 448 g/mol. The number of nitrogens with one attached hydrogen (secondary N) is 3. The third-order valence-corrected chi connectivity index (χ3v) is 6.66. The predicted octanol–water partition coefficient (Wildman–Crippen LogP) is 3.87. The summed E-state index contributed by atoms with van der Waals surface area (Å²) in [5.74, 6) is 2.26. The molecule has 3 N–H and O–H groups in total. The van der Waals surface area contributed by atoms with Crippen LogP contribution in [0.4, 0.5) is 10.5 Å². The van der Waals surface area contributed by atoms with Crippen LogP contribution in [-0.2, 0) is 4.79 Å². The molecule has 3 amide bonds. The number of ether oxygens (including phenoxy) is 3. The van der Waals surface area contributed by atoms with E-state index in [1.54, 1.807) is 25.3 Å². The summed E-state index contributed by atoms with van der Waals surface area (Å²) in [4.78, 5) is 30.2. The van der Waals surface area contributed by atoms with Gasteiger partial charge in [-0.1, -0.05) is 0 Å². The molecular formula is C26H30N4O5. The molecule has 3 aromatic rings. The number of hydrogen-bond donors (Lipinski definition) is 3. The first kappa shape index (κ1) is 23.0. The monoisotopic (exact) mass is 478 g/mol. The van der Waals surface area contributed by atoms with Crippen molar-refractivity contribution in [3.63, 3.8) is 0 Å². The second-order valence-electron chi connectivity index (χ2n) is 8.88. The lowest BCUT2D eigenvalue weighted by molar-refractivity contribution is -0.120. The number of piperidine rings is 1. The van der Waals surface area contributed by atoms with Crippen LogP contribution in [0.25, 0.3) is 10.9 Å². The minimum absolute atomic E-state index is 0.267. The molecule has 3 heterocycles. The molecule has 35 heavy (non-hydrogen) atoms. The van der Waals surface area contributed by atoms with E-state index in [1.807, 2.05) is 6.07 Å². The fraction of sp³-hybridized carbons (Fsp3) is 0.385. The molecule has 5 rings (SSSR count). The highest BCUT2D eigenvalue weighted by Gasteiger charge is 2.23. The van der Waals surface area contributed by atoms with E-state index in [0.717, 1.165) is 37.2 Å². The smallest absolute Gasteiger partial charge is 0.325 e. The van der Waals surface area contributed by atoms with Gasteiger partial charge in [-0.25, -0.2) is 4.79 Å². The average Bonchev–Trinajstić information content (AvgIpc) is 3.31. The highest BCUT2D eigenvalue weighted by Crippen LogP contribution is 2.35. The molecule has 0 spiro atoms. The van der Waals surface area contributed by atoms with Gasteiger partial charge in [-0.3, -0.25) is 10.1 Å². The Morgan fingerprint density at radius 3 is 2.69 bits per heavy atom. The number of fused-ring (bicyclic) bond motifs is 2. The van der Waals surface area contributed by atoms with Crippen LogP contribution in [0.3, 0.4) is 0 Å². The first-order valence-corrected chi connectivity index (χ1v) is 12.0. The highest BCUT2D eigenvalue weighted by molar-refractivity contribution is 6.01. The predicted molar refractivity (Wildman–Crippen MR) is 132 cm³/mol. The van der Waals surface area contributed by atoms with Crippen LogP contribution in [0.5, 0.6) is 17.2 Å². The molecule has 2 aliphatic rings. The second-order valence-corrected chi connectivity index (χ2v) is 8.88. The van der Waals surface area contributed by atoms with Gasteiger partial charge in [-0.2, -0.15) is 0 Å². The van der Waals surface area contributed by atoms with Crippen molar-refractivity contribution in [2.45, 2.75) is 25.2 Å².